The van der Waals surface area contributed by atoms with E-state index in [1.165, 1.54) is 7.05 Å². The van der Waals surface area contributed by atoms with Crippen molar-refractivity contribution in [1.29, 1.82) is 0 Å². The van der Waals surface area contributed by atoms with E-state index in [1.807, 2.05) is 0 Å². The van der Waals surface area contributed by atoms with Crippen LogP contribution in [0.1, 0.15) is 0 Å². The van der Waals surface area contributed by atoms with Crippen molar-refractivity contribution in [2.45, 2.75) is 0 Å². The highest BCUT2D eigenvalue weighted by Crippen LogP contribution is 1.85. The molecule has 15 heavy (non-hydrogen) atoms. The number of hydrogen-bond acceptors (Lipinski definition) is 4. The van der Waals surface area contributed by atoms with Crippen molar-refractivity contribution in [2.24, 2.45) is 0 Å². The molecule has 0 fully saturated rings. The second-order valence-corrected chi connectivity index (χ2v) is 2.79. The van der Waals surface area contributed by atoms with Gasteiger partial charge in [-0.1, -0.05) is 0 Å². The molecule has 0 unspecified atom stereocenters. The molecule has 0 atom stereocenters. The lowest BCUT2D eigenvalue weighted by Crippen LogP contribution is -2.45. The zero-order chi connectivity index (χ0) is 11.6. The summed E-state index contributed by atoms with van der Waals surface area (Å²) in [6.45, 7) is -0.495. The minimum Gasteiger partial charge on any atom is -0.480 e. The highest BCUT2D eigenvalue weighted by molar-refractivity contribution is 5.70. The van der Waals surface area contributed by atoms with Gasteiger partial charge in [0.25, 0.3) is 5.56 Å². The molecule has 1 rings (SSSR count). The van der Waals surface area contributed by atoms with Crippen molar-refractivity contribution in [3.63, 3.8) is 0 Å². The summed E-state index contributed by atoms with van der Waals surface area (Å²) >= 11 is 0. The fraction of sp³-hybridized carbons (Fsp3) is 0.286. The van der Waals surface area contributed by atoms with E-state index in [0.29, 0.717) is 10.9 Å². The van der Waals surface area contributed by atoms with Crippen LogP contribution in [0.25, 0.3) is 0 Å². The van der Waals surface area contributed by atoms with Crippen LogP contribution in [0.4, 0.5) is 4.39 Å². The number of nitrogens with one attached hydrogen (secondary N) is 1. The van der Waals surface area contributed by atoms with E-state index < -0.39 is 29.6 Å². The average Bonchev–Trinajstić information content (AvgIpc) is 2.09. The Balaban J connectivity index is 3.15. The molecule has 0 aliphatic heterocycles. The third kappa shape index (κ3) is 2.42. The molecule has 0 aliphatic carbocycles. The number of rotatable bonds is 3. The Hall–Kier alpha value is -2.12. The van der Waals surface area contributed by atoms with Crippen LogP contribution in [-0.4, -0.2) is 34.3 Å². The van der Waals surface area contributed by atoms with Crippen LogP contribution >= 0.6 is 0 Å². The number of carboxylic acid groups (broad SMARTS) is 1. The summed E-state index contributed by atoms with van der Waals surface area (Å²) in [5.41, 5.74) is -2.04. The molecule has 1 aromatic rings. The van der Waals surface area contributed by atoms with Crippen LogP contribution in [0.15, 0.2) is 15.8 Å². The maximum absolute atomic E-state index is 12.8. The molecule has 0 amide bonds. The molecule has 8 heteroatoms. The Labute approximate surface area is 82.3 Å². The molecular formula is C7H8FN3O4. The highest BCUT2D eigenvalue weighted by Gasteiger charge is 2.09. The number of aromatic nitrogens is 2. The Kier molecular flexibility index (Phi) is 2.88. The molecule has 1 aromatic heterocycles. The Morgan fingerprint density at radius 2 is 2.27 bits per heavy atom. The number of halogens is 1. The Bertz CT molecular complexity index is 492. The standard InChI is InChI=1S/C7H8FN3O4/c1-10(3-5(12)13)11-2-4(8)6(14)9-7(11)15/h2H,3H2,1H3,(H,12,13)(H,9,14,15). The van der Waals surface area contributed by atoms with Gasteiger partial charge in [0.2, 0.25) is 5.82 Å². The maximum Gasteiger partial charge on any atom is 0.347 e. The number of carbonyl (C=O) groups is 1. The second kappa shape index (κ2) is 3.95. The molecule has 0 spiro atoms. The summed E-state index contributed by atoms with van der Waals surface area (Å²) in [5, 5.41) is 9.39. The predicted molar refractivity (Wildman–Crippen MR) is 47.9 cm³/mol. The molecule has 0 bridgehead atoms. The minimum absolute atomic E-state index is 0.495. The van der Waals surface area contributed by atoms with Gasteiger partial charge in [0.1, 0.15) is 6.54 Å². The summed E-state index contributed by atoms with van der Waals surface area (Å²) in [5.74, 6) is -2.34. The van der Waals surface area contributed by atoms with E-state index in [0.717, 1.165) is 5.01 Å². The fourth-order valence-electron chi connectivity index (χ4n) is 0.964. The van der Waals surface area contributed by atoms with E-state index in [2.05, 4.69) is 0 Å². The van der Waals surface area contributed by atoms with Crippen molar-refractivity contribution in [3.8, 4) is 0 Å². The normalized spacial score (nSPS) is 10.0. The van der Waals surface area contributed by atoms with Crippen LogP contribution < -0.4 is 16.3 Å². The van der Waals surface area contributed by atoms with E-state index in [1.54, 1.807) is 4.98 Å². The third-order valence-corrected chi connectivity index (χ3v) is 1.61. The zero-order valence-corrected chi connectivity index (χ0v) is 7.73. The van der Waals surface area contributed by atoms with Crippen LogP contribution in [0.2, 0.25) is 0 Å². The highest BCUT2D eigenvalue weighted by atomic mass is 19.1. The van der Waals surface area contributed by atoms with Gasteiger partial charge in [0, 0.05) is 7.05 Å². The first-order chi connectivity index (χ1) is 6.91. The molecule has 0 aromatic carbocycles. The molecule has 0 saturated carbocycles. The SMILES string of the molecule is CN(CC(=O)O)n1cc(F)c(=O)[nH]c1=O. The topological polar surface area (TPSA) is 95.4 Å². The average molecular weight is 217 g/mol. The Morgan fingerprint density at radius 1 is 1.67 bits per heavy atom. The van der Waals surface area contributed by atoms with E-state index in [4.69, 9.17) is 5.11 Å². The minimum atomic E-state index is -1.18. The van der Waals surface area contributed by atoms with Crippen molar-refractivity contribution < 1.29 is 14.3 Å². The molecule has 2 N–H and O–H groups in total. The van der Waals surface area contributed by atoms with Gasteiger partial charge in [-0.05, 0) is 0 Å². The quantitative estimate of drug-likeness (QED) is 0.631. The lowest BCUT2D eigenvalue weighted by molar-refractivity contribution is -0.135. The van der Waals surface area contributed by atoms with Crippen LogP contribution in [-0.2, 0) is 4.79 Å². The summed E-state index contributed by atoms with van der Waals surface area (Å²) in [6, 6.07) is 0. The number of hydrogen-bond donors (Lipinski definition) is 2. The Morgan fingerprint density at radius 3 is 2.80 bits per heavy atom. The van der Waals surface area contributed by atoms with Crippen LogP contribution in [0, 0.1) is 5.82 Å². The van der Waals surface area contributed by atoms with Crippen LogP contribution in [0.3, 0.4) is 0 Å². The maximum atomic E-state index is 12.8. The van der Waals surface area contributed by atoms with E-state index >= 15 is 0 Å². The van der Waals surface area contributed by atoms with E-state index in [9.17, 15) is 18.8 Å². The van der Waals surface area contributed by atoms with Crippen molar-refractivity contribution in [3.05, 3.63) is 32.9 Å². The number of aromatic amines is 1. The number of aliphatic carboxylic acids is 1. The van der Waals surface area contributed by atoms with Crippen LogP contribution in [0.5, 0.6) is 0 Å². The van der Waals surface area contributed by atoms with Gasteiger partial charge in [-0.2, -0.15) is 4.39 Å². The summed E-state index contributed by atoms with van der Waals surface area (Å²) in [4.78, 5) is 33.8. The first-order valence-electron chi connectivity index (χ1n) is 3.86. The third-order valence-electron chi connectivity index (χ3n) is 1.61. The zero-order valence-electron chi connectivity index (χ0n) is 7.73. The first kappa shape index (κ1) is 11.0. The number of H-pyrrole nitrogens is 1. The molecule has 0 radical (unpaired) electrons. The fourth-order valence-corrected chi connectivity index (χ4v) is 0.964. The number of nitrogens with zero attached hydrogens (tertiary/aromatic N) is 2. The largest absolute Gasteiger partial charge is 0.480 e. The molecule has 7 nitrogen and oxygen atoms in total. The van der Waals surface area contributed by atoms with Crippen molar-refractivity contribution >= 4 is 5.97 Å². The van der Waals surface area contributed by atoms with Gasteiger partial charge in [-0.15, -0.1) is 0 Å². The molecule has 0 aliphatic rings. The van der Waals surface area contributed by atoms with Crippen molar-refractivity contribution in [1.82, 2.24) is 9.66 Å². The summed E-state index contributed by atoms with van der Waals surface area (Å²) in [7, 11) is 1.27. The van der Waals surface area contributed by atoms with Gasteiger partial charge in [-0.25, -0.2) is 9.47 Å². The number of carboxylic acids is 1. The van der Waals surface area contributed by atoms with Crippen molar-refractivity contribution in [2.75, 3.05) is 18.6 Å². The van der Waals surface area contributed by atoms with Gasteiger partial charge in [0.15, 0.2) is 0 Å². The summed E-state index contributed by atoms with van der Waals surface area (Å²) in [6.07, 6.45) is 0.629. The van der Waals surface area contributed by atoms with Gasteiger partial charge < -0.3 is 10.1 Å². The van der Waals surface area contributed by atoms with Gasteiger partial charge in [-0.3, -0.25) is 14.6 Å². The summed E-state index contributed by atoms with van der Waals surface area (Å²) < 4.78 is 13.5. The lowest BCUT2D eigenvalue weighted by Gasteiger charge is -2.18. The molecule has 1 heterocycles. The lowest BCUT2D eigenvalue weighted by atomic mass is 10.6. The second-order valence-electron chi connectivity index (χ2n) is 2.79. The monoisotopic (exact) mass is 217 g/mol. The van der Waals surface area contributed by atoms with Gasteiger partial charge in [0.05, 0.1) is 6.20 Å². The smallest absolute Gasteiger partial charge is 0.347 e. The van der Waals surface area contributed by atoms with E-state index in [-0.39, 0.29) is 0 Å². The van der Waals surface area contributed by atoms with Gasteiger partial charge >= 0.3 is 11.7 Å². The predicted octanol–water partition coefficient (Wildman–Crippen LogP) is -1.67. The first-order valence-corrected chi connectivity index (χ1v) is 3.86. The molecular weight excluding hydrogens is 209 g/mol. The molecule has 0 saturated heterocycles. The number of likely N-dealkylation sites (N-methyl/N-ethyl adjacent to an activating group) is 1. The molecule has 82 valence electrons.